The Balaban J connectivity index is 1.62. The number of imide groups is 1. The first-order valence-corrected chi connectivity index (χ1v) is 10.4. The van der Waals surface area contributed by atoms with Gasteiger partial charge in [0.15, 0.2) is 0 Å². The molecule has 2 aliphatic rings. The molecule has 30 heavy (non-hydrogen) atoms. The van der Waals surface area contributed by atoms with Crippen LogP contribution in [0.1, 0.15) is 36.9 Å². The number of likely N-dealkylation sites (N-methyl/N-ethyl adjacent to an activating group) is 1. The first-order valence-electron chi connectivity index (χ1n) is 10.4. The number of allylic oxidation sites excluding steroid dienone is 2. The van der Waals surface area contributed by atoms with E-state index >= 15 is 0 Å². The van der Waals surface area contributed by atoms with Crippen molar-refractivity contribution in [2.24, 2.45) is 11.8 Å². The van der Waals surface area contributed by atoms with Gasteiger partial charge in [-0.05, 0) is 30.9 Å². The highest BCUT2D eigenvalue weighted by atomic mass is 16.2. The topological polar surface area (TPSA) is 57.7 Å². The Labute approximate surface area is 177 Å². The summed E-state index contributed by atoms with van der Waals surface area (Å²) < 4.78 is 0. The largest absolute Gasteiger partial charge is 0.333 e. The fourth-order valence-electron chi connectivity index (χ4n) is 4.65. The fraction of sp³-hybridized carbons (Fsp3) is 0.320. The van der Waals surface area contributed by atoms with Crippen molar-refractivity contribution < 1.29 is 14.4 Å². The van der Waals surface area contributed by atoms with Gasteiger partial charge in [0.05, 0.1) is 17.9 Å². The second-order valence-electron chi connectivity index (χ2n) is 8.05. The van der Waals surface area contributed by atoms with Gasteiger partial charge in [0.1, 0.15) is 6.04 Å². The van der Waals surface area contributed by atoms with E-state index in [1.165, 1.54) is 4.90 Å². The molecule has 0 saturated carbocycles. The minimum atomic E-state index is -0.837. The van der Waals surface area contributed by atoms with Crippen molar-refractivity contribution >= 4 is 17.7 Å². The third kappa shape index (κ3) is 3.45. The van der Waals surface area contributed by atoms with Gasteiger partial charge >= 0.3 is 0 Å². The number of likely N-dealkylation sites (tertiary alicyclic amines) is 1. The Morgan fingerprint density at radius 1 is 0.867 bits per heavy atom. The second kappa shape index (κ2) is 8.27. The van der Waals surface area contributed by atoms with Gasteiger partial charge in [0.25, 0.3) is 0 Å². The Morgan fingerprint density at radius 2 is 1.30 bits per heavy atom. The highest BCUT2D eigenvalue weighted by Crippen LogP contribution is 2.37. The lowest BCUT2D eigenvalue weighted by Gasteiger charge is -2.33. The molecule has 1 aliphatic carbocycles. The molecule has 5 nitrogen and oxygen atoms in total. The van der Waals surface area contributed by atoms with Crippen molar-refractivity contribution in [1.82, 2.24) is 9.80 Å². The second-order valence-corrected chi connectivity index (χ2v) is 8.05. The maximum atomic E-state index is 13.5. The van der Waals surface area contributed by atoms with Crippen LogP contribution in [0.15, 0.2) is 72.8 Å². The lowest BCUT2D eigenvalue weighted by atomic mass is 9.85. The molecule has 4 rings (SSSR count). The van der Waals surface area contributed by atoms with Crippen molar-refractivity contribution in [2.75, 3.05) is 7.05 Å². The van der Waals surface area contributed by atoms with E-state index in [1.807, 2.05) is 72.8 Å². The normalized spacial score (nSPS) is 21.6. The fourth-order valence-corrected chi connectivity index (χ4v) is 4.65. The van der Waals surface area contributed by atoms with Crippen molar-refractivity contribution in [3.63, 3.8) is 0 Å². The minimum Gasteiger partial charge on any atom is -0.333 e. The number of hydrogen-bond donors (Lipinski definition) is 0. The first kappa shape index (κ1) is 20.1. The lowest BCUT2D eigenvalue weighted by molar-refractivity contribution is -0.151. The summed E-state index contributed by atoms with van der Waals surface area (Å²) in [6.45, 7) is 1.66. The van der Waals surface area contributed by atoms with Crippen LogP contribution in [0.2, 0.25) is 0 Å². The van der Waals surface area contributed by atoms with E-state index in [1.54, 1.807) is 18.9 Å². The molecule has 0 spiro atoms. The zero-order valence-electron chi connectivity index (χ0n) is 17.3. The number of fused-ring (bicyclic) bond motifs is 1. The summed E-state index contributed by atoms with van der Waals surface area (Å²) in [7, 11) is 1.74. The summed E-state index contributed by atoms with van der Waals surface area (Å²) in [5.74, 6) is -1.36. The summed E-state index contributed by atoms with van der Waals surface area (Å²) in [5, 5.41) is 0. The molecule has 1 saturated heterocycles. The van der Waals surface area contributed by atoms with Gasteiger partial charge in [-0.1, -0.05) is 72.8 Å². The molecule has 0 N–H and O–H groups in total. The SMILES string of the molecule is C[C@@H](C(=O)N(C)C(c1ccccc1)c1ccccc1)N1C(=O)[C@H]2CC=CC[C@@H]2C1=O. The summed E-state index contributed by atoms with van der Waals surface area (Å²) in [4.78, 5) is 42.2. The summed E-state index contributed by atoms with van der Waals surface area (Å²) in [5.41, 5.74) is 1.95. The van der Waals surface area contributed by atoms with Crippen molar-refractivity contribution in [3.8, 4) is 0 Å². The molecular weight excluding hydrogens is 376 g/mol. The van der Waals surface area contributed by atoms with Crippen LogP contribution in [-0.2, 0) is 14.4 Å². The number of carbonyl (C=O) groups is 3. The highest BCUT2D eigenvalue weighted by Gasteiger charge is 2.50. The summed E-state index contributed by atoms with van der Waals surface area (Å²) >= 11 is 0. The average Bonchev–Trinajstić information content (AvgIpc) is 3.04. The molecule has 0 radical (unpaired) electrons. The van der Waals surface area contributed by atoms with Crippen molar-refractivity contribution in [2.45, 2.75) is 31.8 Å². The quantitative estimate of drug-likeness (QED) is 0.567. The van der Waals surface area contributed by atoms with E-state index in [0.29, 0.717) is 12.8 Å². The molecule has 1 heterocycles. The molecule has 2 aromatic carbocycles. The zero-order valence-corrected chi connectivity index (χ0v) is 17.3. The number of amides is 3. The van der Waals surface area contributed by atoms with Gasteiger partial charge in [0, 0.05) is 7.05 Å². The van der Waals surface area contributed by atoms with Crippen LogP contribution in [0.3, 0.4) is 0 Å². The van der Waals surface area contributed by atoms with Crippen LogP contribution in [0, 0.1) is 11.8 Å². The number of benzene rings is 2. The number of hydrogen-bond acceptors (Lipinski definition) is 3. The Kier molecular flexibility index (Phi) is 5.53. The van der Waals surface area contributed by atoms with E-state index in [0.717, 1.165) is 11.1 Å². The Bertz CT molecular complexity index is 905. The smallest absolute Gasteiger partial charge is 0.246 e. The molecule has 3 amide bonds. The maximum Gasteiger partial charge on any atom is 0.246 e. The van der Waals surface area contributed by atoms with Crippen LogP contribution in [0.5, 0.6) is 0 Å². The van der Waals surface area contributed by atoms with Crippen LogP contribution < -0.4 is 0 Å². The maximum absolute atomic E-state index is 13.5. The number of carbonyl (C=O) groups excluding carboxylic acids is 3. The van der Waals surface area contributed by atoms with Crippen LogP contribution in [0.25, 0.3) is 0 Å². The molecule has 1 fully saturated rings. The van der Waals surface area contributed by atoms with E-state index in [9.17, 15) is 14.4 Å². The molecular formula is C25H26N2O3. The number of rotatable bonds is 5. The van der Waals surface area contributed by atoms with Gasteiger partial charge in [-0.2, -0.15) is 0 Å². The van der Waals surface area contributed by atoms with Crippen molar-refractivity contribution in [3.05, 3.63) is 83.9 Å². The molecule has 5 heteroatoms. The standard InChI is InChI=1S/C25H26N2O3/c1-17(27-24(29)20-15-9-10-16-21(20)25(27)30)23(28)26(2)22(18-11-5-3-6-12-18)19-13-7-4-8-14-19/h3-14,17,20-22H,15-16H2,1-2H3/t17-,20-,21-/m0/s1. The molecule has 3 atom stereocenters. The Morgan fingerprint density at radius 3 is 1.73 bits per heavy atom. The van der Waals surface area contributed by atoms with Gasteiger partial charge in [0.2, 0.25) is 17.7 Å². The van der Waals surface area contributed by atoms with E-state index < -0.39 is 6.04 Å². The van der Waals surface area contributed by atoms with Crippen LogP contribution in [-0.4, -0.2) is 40.6 Å². The van der Waals surface area contributed by atoms with Gasteiger partial charge in [-0.15, -0.1) is 0 Å². The minimum absolute atomic E-state index is 0.223. The van der Waals surface area contributed by atoms with Gasteiger partial charge < -0.3 is 4.90 Å². The highest BCUT2D eigenvalue weighted by molar-refractivity contribution is 6.08. The molecule has 0 bridgehead atoms. The van der Waals surface area contributed by atoms with Gasteiger partial charge in [-0.3, -0.25) is 19.3 Å². The third-order valence-corrected chi connectivity index (χ3v) is 6.25. The average molecular weight is 402 g/mol. The number of nitrogens with zero attached hydrogens (tertiary/aromatic N) is 2. The zero-order chi connectivity index (χ0) is 21.3. The molecule has 154 valence electrons. The molecule has 2 aromatic rings. The third-order valence-electron chi connectivity index (χ3n) is 6.25. The van der Waals surface area contributed by atoms with Gasteiger partial charge in [-0.25, -0.2) is 0 Å². The Hall–Kier alpha value is -3.21. The molecule has 0 unspecified atom stereocenters. The predicted octanol–water partition coefficient (Wildman–Crippen LogP) is 3.57. The van der Waals surface area contributed by atoms with Crippen LogP contribution >= 0.6 is 0 Å². The monoisotopic (exact) mass is 402 g/mol. The van der Waals surface area contributed by atoms with Crippen LogP contribution in [0.4, 0.5) is 0 Å². The molecule has 1 aliphatic heterocycles. The van der Waals surface area contributed by atoms with E-state index in [2.05, 4.69) is 0 Å². The predicted molar refractivity (Wildman–Crippen MR) is 114 cm³/mol. The summed E-state index contributed by atoms with van der Waals surface area (Å²) in [6.07, 6.45) is 5.04. The van der Waals surface area contributed by atoms with E-state index in [4.69, 9.17) is 0 Å². The lowest BCUT2D eigenvalue weighted by Crippen LogP contribution is -2.49. The summed E-state index contributed by atoms with van der Waals surface area (Å²) in [6, 6.07) is 18.4. The molecule has 0 aromatic heterocycles. The van der Waals surface area contributed by atoms with Crippen molar-refractivity contribution in [1.29, 1.82) is 0 Å². The van der Waals surface area contributed by atoms with E-state index in [-0.39, 0.29) is 35.6 Å². The first-order chi connectivity index (χ1) is 14.5.